The van der Waals surface area contributed by atoms with Crippen molar-refractivity contribution in [2.75, 3.05) is 0 Å². The molecule has 0 aliphatic carbocycles. The SMILES string of the molecule is [B]NC(C)(C)C. The summed E-state index contributed by atoms with van der Waals surface area (Å²) >= 11 is 0. The summed E-state index contributed by atoms with van der Waals surface area (Å²) in [5, 5.41) is 2.60. The third kappa shape index (κ3) is 4.02. The second kappa shape index (κ2) is 1.65. The fraction of sp³-hybridized carbons (Fsp3) is 1.00. The lowest BCUT2D eigenvalue weighted by Crippen LogP contribution is -2.33. The van der Waals surface area contributed by atoms with Crippen LogP contribution in [0.1, 0.15) is 20.8 Å². The lowest BCUT2D eigenvalue weighted by molar-refractivity contribution is 0.528. The molecule has 6 heavy (non-hydrogen) atoms. The molecule has 0 bridgehead atoms. The van der Waals surface area contributed by atoms with Gasteiger partial charge in [-0.05, 0) is 26.3 Å². The molecule has 2 heteroatoms. The number of rotatable bonds is 0. The van der Waals surface area contributed by atoms with E-state index in [1.165, 1.54) is 0 Å². The van der Waals surface area contributed by atoms with Crippen LogP contribution >= 0.6 is 0 Å². The molecule has 0 aliphatic heterocycles. The predicted octanol–water partition coefficient (Wildman–Crippen LogP) is 0.458. The Hall–Kier alpha value is 0.0249. The van der Waals surface area contributed by atoms with Gasteiger partial charge < -0.3 is 5.23 Å². The zero-order valence-electron chi connectivity index (χ0n) is 4.58. The molecule has 2 radical (unpaired) electrons. The molecule has 0 aromatic heterocycles. The average Bonchev–Trinajstić information content (AvgIpc) is 1.35. The fourth-order valence-electron chi connectivity index (χ4n) is 0. The minimum atomic E-state index is 0.0694. The Kier molecular flexibility index (Phi) is 1.66. The Morgan fingerprint density at radius 1 is 1.33 bits per heavy atom. The molecule has 0 spiro atoms. The average molecular weight is 82.9 g/mol. The van der Waals surface area contributed by atoms with E-state index < -0.39 is 0 Å². The van der Waals surface area contributed by atoms with Crippen molar-refractivity contribution in [3.05, 3.63) is 0 Å². The zero-order chi connectivity index (χ0) is 5.21. The lowest BCUT2D eigenvalue weighted by atomic mass is 10.1. The second-order valence-corrected chi connectivity index (χ2v) is 2.39. The van der Waals surface area contributed by atoms with Gasteiger partial charge in [-0.3, -0.25) is 0 Å². The summed E-state index contributed by atoms with van der Waals surface area (Å²) in [6, 6.07) is 0. The number of nitrogens with one attached hydrogen (secondary N) is 1. The van der Waals surface area contributed by atoms with E-state index in [1.54, 1.807) is 0 Å². The summed E-state index contributed by atoms with van der Waals surface area (Å²) < 4.78 is 0. The van der Waals surface area contributed by atoms with Crippen LogP contribution in [-0.2, 0) is 0 Å². The van der Waals surface area contributed by atoms with Gasteiger partial charge in [0, 0.05) is 0 Å². The number of hydrogen-bond acceptors (Lipinski definition) is 1. The maximum absolute atomic E-state index is 5.06. The topological polar surface area (TPSA) is 12.0 Å². The minimum Gasteiger partial charge on any atom is -0.362 e. The van der Waals surface area contributed by atoms with Gasteiger partial charge in [0.05, 0.1) is 0 Å². The summed E-state index contributed by atoms with van der Waals surface area (Å²) in [7, 11) is 5.06. The van der Waals surface area contributed by atoms with Gasteiger partial charge in [0.25, 0.3) is 0 Å². The molecular weight excluding hydrogens is 72.9 g/mol. The maximum atomic E-state index is 5.06. The Bertz CT molecular complexity index is 37.3. The summed E-state index contributed by atoms with van der Waals surface area (Å²) in [4.78, 5) is 0. The highest BCUT2D eigenvalue weighted by Gasteiger charge is 2.01. The van der Waals surface area contributed by atoms with Gasteiger partial charge >= 0.3 is 0 Å². The first-order valence-electron chi connectivity index (χ1n) is 2.04. The molecule has 0 saturated heterocycles. The van der Waals surface area contributed by atoms with Gasteiger partial charge in [-0.15, -0.1) is 0 Å². The first-order valence-corrected chi connectivity index (χ1v) is 2.04. The molecule has 0 fully saturated rings. The Morgan fingerprint density at radius 3 is 1.50 bits per heavy atom. The third-order valence-corrected chi connectivity index (χ3v) is 0.433. The third-order valence-electron chi connectivity index (χ3n) is 0.433. The summed E-state index contributed by atoms with van der Waals surface area (Å²) in [6.07, 6.45) is 0. The van der Waals surface area contributed by atoms with E-state index in [4.69, 9.17) is 7.98 Å². The van der Waals surface area contributed by atoms with Crippen LogP contribution in [0, 0.1) is 0 Å². The van der Waals surface area contributed by atoms with Gasteiger partial charge in [-0.25, -0.2) is 0 Å². The van der Waals surface area contributed by atoms with Crippen molar-refractivity contribution in [3.63, 3.8) is 0 Å². The molecule has 1 N–H and O–H groups in total. The molecule has 1 nitrogen and oxygen atoms in total. The van der Waals surface area contributed by atoms with E-state index in [9.17, 15) is 0 Å². The molecule has 0 heterocycles. The standard InChI is InChI=1S/C4H10BN/c1-4(2,3)6-5/h6H,1-3H3. The first kappa shape index (κ1) is 6.02. The van der Waals surface area contributed by atoms with Crippen LogP contribution in [0.3, 0.4) is 0 Å². The highest BCUT2D eigenvalue weighted by molar-refractivity contribution is 6.04. The van der Waals surface area contributed by atoms with Crippen LogP contribution in [0.4, 0.5) is 0 Å². The highest BCUT2D eigenvalue weighted by Crippen LogP contribution is 1.93. The molecular formula is C4H10BN. The van der Waals surface area contributed by atoms with E-state index >= 15 is 0 Å². The van der Waals surface area contributed by atoms with Gasteiger partial charge in [-0.1, -0.05) is 0 Å². The largest absolute Gasteiger partial charge is 0.362 e. The van der Waals surface area contributed by atoms with Crippen molar-refractivity contribution in [2.24, 2.45) is 0 Å². The molecule has 0 unspecified atom stereocenters. The molecule has 34 valence electrons. The lowest BCUT2D eigenvalue weighted by Gasteiger charge is -2.16. The molecule has 0 aliphatic rings. The van der Waals surface area contributed by atoms with Crippen molar-refractivity contribution in [2.45, 2.75) is 26.3 Å². The summed E-state index contributed by atoms with van der Waals surface area (Å²) in [5.74, 6) is 0. The smallest absolute Gasteiger partial charge is 0.178 e. The second-order valence-electron chi connectivity index (χ2n) is 2.39. The fourth-order valence-corrected chi connectivity index (χ4v) is 0. The van der Waals surface area contributed by atoms with Crippen molar-refractivity contribution in [3.8, 4) is 0 Å². The van der Waals surface area contributed by atoms with Crippen molar-refractivity contribution >= 4 is 7.98 Å². The highest BCUT2D eigenvalue weighted by atomic mass is 14.8. The van der Waals surface area contributed by atoms with Crippen LogP contribution in [0.15, 0.2) is 0 Å². The van der Waals surface area contributed by atoms with Crippen molar-refractivity contribution < 1.29 is 0 Å². The Balaban J connectivity index is 3.17. The van der Waals surface area contributed by atoms with E-state index in [2.05, 4.69) is 5.23 Å². The quantitative estimate of drug-likeness (QED) is 0.419. The molecule has 0 amide bonds. The van der Waals surface area contributed by atoms with E-state index in [0.717, 1.165) is 0 Å². The molecule has 0 rings (SSSR count). The van der Waals surface area contributed by atoms with Gasteiger partial charge in [0.2, 0.25) is 0 Å². The number of hydrogen-bond donors (Lipinski definition) is 1. The molecule has 0 aromatic rings. The van der Waals surface area contributed by atoms with Crippen LogP contribution in [0.2, 0.25) is 0 Å². The Labute approximate surface area is 40.6 Å². The molecule has 0 saturated carbocycles. The summed E-state index contributed by atoms with van der Waals surface area (Å²) in [5.41, 5.74) is 0.0694. The van der Waals surface area contributed by atoms with Gasteiger partial charge in [0.1, 0.15) is 0 Å². The van der Waals surface area contributed by atoms with E-state index in [-0.39, 0.29) is 5.54 Å². The van der Waals surface area contributed by atoms with Crippen molar-refractivity contribution in [1.29, 1.82) is 0 Å². The maximum Gasteiger partial charge on any atom is 0.178 e. The monoisotopic (exact) mass is 83.1 g/mol. The van der Waals surface area contributed by atoms with Crippen molar-refractivity contribution in [1.82, 2.24) is 5.23 Å². The predicted molar refractivity (Wildman–Crippen MR) is 28.6 cm³/mol. The molecule has 0 atom stereocenters. The molecule has 0 aromatic carbocycles. The Morgan fingerprint density at radius 2 is 1.50 bits per heavy atom. The normalized spacial score (nSPS) is 11.8. The summed E-state index contributed by atoms with van der Waals surface area (Å²) in [6.45, 7) is 6.02. The van der Waals surface area contributed by atoms with Crippen LogP contribution in [0.5, 0.6) is 0 Å². The zero-order valence-corrected chi connectivity index (χ0v) is 4.58. The van der Waals surface area contributed by atoms with Gasteiger partial charge in [-0.2, -0.15) is 0 Å². The van der Waals surface area contributed by atoms with Crippen LogP contribution in [-0.4, -0.2) is 13.5 Å². The van der Waals surface area contributed by atoms with Crippen LogP contribution in [0.25, 0.3) is 0 Å². The first-order chi connectivity index (χ1) is 2.56. The minimum absolute atomic E-state index is 0.0694. The van der Waals surface area contributed by atoms with Gasteiger partial charge in [0.15, 0.2) is 7.98 Å². The van der Waals surface area contributed by atoms with E-state index in [1.807, 2.05) is 20.8 Å². The van der Waals surface area contributed by atoms with Crippen LogP contribution < -0.4 is 5.23 Å². The van der Waals surface area contributed by atoms with E-state index in [0.29, 0.717) is 0 Å².